The monoisotopic (exact) mass is 470 g/mol. The number of halogens is 2. The van der Waals surface area contributed by atoms with E-state index < -0.39 is 23.4 Å². The van der Waals surface area contributed by atoms with Gasteiger partial charge in [-0.05, 0) is 31.2 Å². The molecule has 0 bridgehead atoms. The number of amides is 2. The summed E-state index contributed by atoms with van der Waals surface area (Å²) in [5.74, 6) is -2.66. The highest BCUT2D eigenvalue weighted by Crippen LogP contribution is 2.22. The zero-order valence-corrected chi connectivity index (χ0v) is 18.4. The average Bonchev–Trinajstić information content (AvgIpc) is 3.49. The number of rotatable bonds is 7. The highest BCUT2D eigenvalue weighted by atomic mass is 19.1. The quantitative estimate of drug-likeness (QED) is 0.428. The van der Waals surface area contributed by atoms with Crippen molar-refractivity contribution in [2.24, 2.45) is 14.1 Å². The number of nitrogens with one attached hydrogen (secondary N) is 2. The Balaban J connectivity index is 1.43. The normalized spacial score (nSPS) is 10.9. The van der Waals surface area contributed by atoms with Crippen LogP contribution < -0.4 is 15.4 Å². The lowest BCUT2D eigenvalue weighted by Gasteiger charge is -2.08. The number of furan rings is 1. The second-order valence-corrected chi connectivity index (χ2v) is 7.34. The lowest BCUT2D eigenvalue weighted by Crippen LogP contribution is -2.20. The lowest BCUT2D eigenvalue weighted by molar-refractivity contribution is 0.0992. The van der Waals surface area contributed by atoms with Crippen molar-refractivity contribution in [3.8, 4) is 5.75 Å². The third-order valence-electron chi connectivity index (χ3n) is 5.03. The van der Waals surface area contributed by atoms with Crippen LogP contribution in [0.4, 0.5) is 20.2 Å². The van der Waals surface area contributed by atoms with Crippen molar-refractivity contribution in [2.75, 3.05) is 10.6 Å². The van der Waals surface area contributed by atoms with Crippen LogP contribution in [0.25, 0.3) is 0 Å². The first-order valence-electron chi connectivity index (χ1n) is 10.0. The van der Waals surface area contributed by atoms with Crippen LogP contribution in [0.3, 0.4) is 0 Å². The number of benzene rings is 1. The molecule has 0 saturated heterocycles. The average molecular weight is 470 g/mol. The molecule has 0 saturated carbocycles. The SMILES string of the molecule is Cc1c(NC(=O)c2c(NC(=O)c3ccc(COc4ccc(F)cc4F)o3)cnn2C)cnn1C. The fourth-order valence-electron chi connectivity index (χ4n) is 3.10. The minimum atomic E-state index is -0.853. The van der Waals surface area contributed by atoms with Gasteiger partial charge in [0.05, 0.1) is 29.5 Å². The van der Waals surface area contributed by atoms with Crippen LogP contribution >= 0.6 is 0 Å². The zero-order chi connectivity index (χ0) is 24.4. The largest absolute Gasteiger partial charge is 0.483 e. The standard InChI is InChI=1S/C22H20F2N6O4/c1-12-16(9-25-29(12)2)27-22(32)20-17(10-26-30(20)3)28-21(31)19-7-5-14(34-19)11-33-18-6-4-13(23)8-15(18)24/h4-10H,11H2,1-3H3,(H,27,32)(H,28,31). The Hall–Kier alpha value is -4.48. The summed E-state index contributed by atoms with van der Waals surface area (Å²) in [6, 6.07) is 5.82. The molecule has 0 fully saturated rings. The predicted molar refractivity (Wildman–Crippen MR) is 116 cm³/mol. The number of ether oxygens (including phenoxy) is 1. The number of aromatic nitrogens is 4. The maximum atomic E-state index is 13.7. The molecule has 34 heavy (non-hydrogen) atoms. The van der Waals surface area contributed by atoms with Gasteiger partial charge in [-0.2, -0.15) is 10.2 Å². The lowest BCUT2D eigenvalue weighted by atomic mass is 10.3. The minimum absolute atomic E-state index is 0.0588. The summed E-state index contributed by atoms with van der Waals surface area (Å²) in [6.07, 6.45) is 2.86. The van der Waals surface area contributed by atoms with Gasteiger partial charge in [0.2, 0.25) is 0 Å². The fourth-order valence-corrected chi connectivity index (χ4v) is 3.10. The number of hydrogen-bond donors (Lipinski definition) is 2. The number of anilines is 2. The van der Waals surface area contributed by atoms with Crippen LogP contribution in [-0.2, 0) is 20.7 Å². The van der Waals surface area contributed by atoms with Gasteiger partial charge in [-0.3, -0.25) is 19.0 Å². The van der Waals surface area contributed by atoms with Crippen LogP contribution in [0.5, 0.6) is 5.75 Å². The molecule has 3 aromatic heterocycles. The Morgan fingerprint density at radius 1 is 1.00 bits per heavy atom. The van der Waals surface area contributed by atoms with Crippen LogP contribution in [0.15, 0.2) is 47.1 Å². The molecule has 0 aliphatic heterocycles. The summed E-state index contributed by atoms with van der Waals surface area (Å²) in [5, 5.41) is 13.5. The molecule has 3 heterocycles. The Morgan fingerprint density at radius 3 is 2.41 bits per heavy atom. The summed E-state index contributed by atoms with van der Waals surface area (Å²) in [4.78, 5) is 25.5. The first kappa shape index (κ1) is 22.7. The fraction of sp³-hybridized carbons (Fsp3) is 0.182. The molecule has 4 aromatic rings. The highest BCUT2D eigenvalue weighted by molar-refractivity contribution is 6.11. The summed E-state index contributed by atoms with van der Waals surface area (Å²) >= 11 is 0. The molecule has 12 heteroatoms. The number of nitrogens with zero attached hydrogens (tertiary/aromatic N) is 4. The molecule has 2 amide bonds. The van der Waals surface area contributed by atoms with E-state index in [0.29, 0.717) is 11.8 Å². The summed E-state index contributed by atoms with van der Waals surface area (Å²) in [5.41, 5.74) is 1.58. The molecular formula is C22H20F2N6O4. The Labute approximate surface area is 192 Å². The van der Waals surface area contributed by atoms with Crippen molar-refractivity contribution in [1.29, 1.82) is 0 Å². The van der Waals surface area contributed by atoms with Crippen LogP contribution in [0.1, 0.15) is 32.5 Å². The number of hydrogen-bond acceptors (Lipinski definition) is 6. The Bertz CT molecular complexity index is 1370. The van der Waals surface area contributed by atoms with Crippen molar-refractivity contribution in [3.05, 3.63) is 77.3 Å². The van der Waals surface area contributed by atoms with Crippen molar-refractivity contribution in [3.63, 3.8) is 0 Å². The van der Waals surface area contributed by atoms with Crippen molar-refractivity contribution < 1.29 is 27.5 Å². The molecular weight excluding hydrogens is 450 g/mol. The van der Waals surface area contributed by atoms with E-state index in [1.165, 1.54) is 29.2 Å². The van der Waals surface area contributed by atoms with Gasteiger partial charge in [0.1, 0.15) is 23.9 Å². The minimum Gasteiger partial charge on any atom is -0.483 e. The van der Waals surface area contributed by atoms with Crippen molar-refractivity contribution in [2.45, 2.75) is 13.5 Å². The van der Waals surface area contributed by atoms with Gasteiger partial charge < -0.3 is 19.8 Å². The smallest absolute Gasteiger partial charge is 0.291 e. The third-order valence-corrected chi connectivity index (χ3v) is 5.03. The van der Waals surface area contributed by atoms with E-state index in [1.54, 1.807) is 25.7 Å². The van der Waals surface area contributed by atoms with Crippen LogP contribution in [-0.4, -0.2) is 31.4 Å². The Kier molecular flexibility index (Phi) is 6.13. The van der Waals surface area contributed by atoms with E-state index in [4.69, 9.17) is 9.15 Å². The van der Waals surface area contributed by atoms with Gasteiger partial charge >= 0.3 is 0 Å². The molecule has 0 atom stereocenters. The van der Waals surface area contributed by atoms with Gasteiger partial charge in [0, 0.05) is 20.2 Å². The van der Waals surface area contributed by atoms with Gasteiger partial charge in [0.15, 0.2) is 17.3 Å². The molecule has 4 rings (SSSR count). The molecule has 10 nitrogen and oxygen atoms in total. The summed E-state index contributed by atoms with van der Waals surface area (Å²) in [6.45, 7) is 1.62. The number of aryl methyl sites for hydroxylation is 2. The molecule has 0 unspecified atom stereocenters. The second kappa shape index (κ2) is 9.17. The first-order valence-corrected chi connectivity index (χ1v) is 10.0. The summed E-state index contributed by atoms with van der Waals surface area (Å²) in [7, 11) is 3.32. The number of carbonyl (C=O) groups is 2. The maximum absolute atomic E-state index is 13.7. The van der Waals surface area contributed by atoms with E-state index in [0.717, 1.165) is 17.8 Å². The number of carbonyl (C=O) groups excluding carboxylic acids is 2. The van der Waals surface area contributed by atoms with Gasteiger partial charge in [-0.1, -0.05) is 0 Å². The van der Waals surface area contributed by atoms with Gasteiger partial charge in [0.25, 0.3) is 11.8 Å². The second-order valence-electron chi connectivity index (χ2n) is 7.34. The van der Waals surface area contributed by atoms with Crippen LogP contribution in [0.2, 0.25) is 0 Å². The van der Waals surface area contributed by atoms with E-state index >= 15 is 0 Å². The predicted octanol–water partition coefficient (Wildman–Crippen LogP) is 3.42. The molecule has 0 radical (unpaired) electrons. The molecule has 0 aliphatic carbocycles. The van der Waals surface area contributed by atoms with Gasteiger partial charge in [-0.25, -0.2) is 8.78 Å². The molecule has 0 aliphatic rings. The zero-order valence-electron chi connectivity index (χ0n) is 18.4. The van der Waals surface area contributed by atoms with Crippen LogP contribution in [0, 0.1) is 18.6 Å². The Morgan fingerprint density at radius 2 is 1.71 bits per heavy atom. The van der Waals surface area contributed by atoms with E-state index in [-0.39, 0.29) is 35.3 Å². The third kappa shape index (κ3) is 4.65. The van der Waals surface area contributed by atoms with E-state index in [2.05, 4.69) is 20.8 Å². The van der Waals surface area contributed by atoms with E-state index in [1.807, 2.05) is 0 Å². The van der Waals surface area contributed by atoms with Gasteiger partial charge in [-0.15, -0.1) is 0 Å². The molecule has 2 N–H and O–H groups in total. The molecule has 1 aromatic carbocycles. The van der Waals surface area contributed by atoms with E-state index in [9.17, 15) is 18.4 Å². The van der Waals surface area contributed by atoms with Crippen molar-refractivity contribution in [1.82, 2.24) is 19.6 Å². The maximum Gasteiger partial charge on any atom is 0.291 e. The molecule has 0 spiro atoms. The summed E-state index contributed by atoms with van der Waals surface area (Å²) < 4.78 is 40.4. The topological polar surface area (TPSA) is 116 Å². The van der Waals surface area contributed by atoms with Crippen molar-refractivity contribution >= 4 is 23.2 Å². The molecule has 176 valence electrons. The first-order chi connectivity index (χ1) is 16.2. The highest BCUT2D eigenvalue weighted by Gasteiger charge is 2.22.